The molecule has 0 atom stereocenters. The Bertz CT molecular complexity index is 790. The third-order valence-corrected chi connectivity index (χ3v) is 4.53. The zero-order valence-electron chi connectivity index (χ0n) is 11.7. The summed E-state index contributed by atoms with van der Waals surface area (Å²) in [4.78, 5) is 23.5. The standard InChI is InChI=1S/C16H16BrNO3/c1-9-12(6-7-15(19)20)16(21)13-5-2-10(17)8-14(13)18(9)11-3-4-11/h2,5,8,11H,3-4,6-7H2,1H3,(H,19,20). The third-order valence-electron chi connectivity index (χ3n) is 4.04. The van der Waals surface area contributed by atoms with Crippen LogP contribution in [0.1, 0.15) is 36.6 Å². The lowest BCUT2D eigenvalue weighted by atomic mass is 10.0. The van der Waals surface area contributed by atoms with Gasteiger partial charge in [-0.15, -0.1) is 0 Å². The average Bonchev–Trinajstić information content (AvgIpc) is 3.22. The van der Waals surface area contributed by atoms with E-state index in [1.807, 2.05) is 25.1 Å². The average molecular weight is 350 g/mol. The van der Waals surface area contributed by atoms with Crippen molar-refractivity contribution in [2.75, 3.05) is 0 Å². The fourth-order valence-corrected chi connectivity index (χ4v) is 3.23. The van der Waals surface area contributed by atoms with E-state index >= 15 is 0 Å². The van der Waals surface area contributed by atoms with Gasteiger partial charge < -0.3 is 9.67 Å². The van der Waals surface area contributed by atoms with Crippen LogP contribution < -0.4 is 5.43 Å². The van der Waals surface area contributed by atoms with Crippen molar-refractivity contribution in [1.82, 2.24) is 4.57 Å². The molecule has 0 saturated heterocycles. The number of carboxylic acids is 1. The van der Waals surface area contributed by atoms with Gasteiger partial charge in [-0.1, -0.05) is 15.9 Å². The monoisotopic (exact) mass is 349 g/mol. The van der Waals surface area contributed by atoms with E-state index in [1.165, 1.54) is 0 Å². The summed E-state index contributed by atoms with van der Waals surface area (Å²) in [6.45, 7) is 1.93. The van der Waals surface area contributed by atoms with Gasteiger partial charge in [0.05, 0.1) is 5.52 Å². The summed E-state index contributed by atoms with van der Waals surface area (Å²) in [6.07, 6.45) is 2.51. The number of hydrogen-bond donors (Lipinski definition) is 1. The highest BCUT2D eigenvalue weighted by Crippen LogP contribution is 2.39. The van der Waals surface area contributed by atoms with Gasteiger partial charge in [0.15, 0.2) is 5.43 Å². The molecular formula is C16H16BrNO3. The van der Waals surface area contributed by atoms with Crippen molar-refractivity contribution in [3.63, 3.8) is 0 Å². The number of nitrogens with zero attached hydrogens (tertiary/aromatic N) is 1. The summed E-state index contributed by atoms with van der Waals surface area (Å²) in [6, 6.07) is 6.09. The van der Waals surface area contributed by atoms with Gasteiger partial charge in [-0.05, 0) is 44.4 Å². The van der Waals surface area contributed by atoms with Gasteiger partial charge in [-0.25, -0.2) is 0 Å². The van der Waals surface area contributed by atoms with Crippen LogP contribution >= 0.6 is 15.9 Å². The molecule has 1 aliphatic rings. The van der Waals surface area contributed by atoms with Gasteiger partial charge in [0, 0.05) is 33.6 Å². The number of fused-ring (bicyclic) bond motifs is 1. The fraction of sp³-hybridized carbons (Fsp3) is 0.375. The van der Waals surface area contributed by atoms with Crippen molar-refractivity contribution in [2.24, 2.45) is 0 Å². The second-order valence-corrected chi connectivity index (χ2v) is 6.47. The van der Waals surface area contributed by atoms with Crippen LogP contribution in [-0.4, -0.2) is 15.6 Å². The molecule has 1 aromatic heterocycles. The molecule has 0 unspecified atom stereocenters. The number of pyridine rings is 1. The molecule has 0 aliphatic heterocycles. The highest BCUT2D eigenvalue weighted by atomic mass is 79.9. The predicted molar refractivity (Wildman–Crippen MR) is 84.9 cm³/mol. The zero-order chi connectivity index (χ0) is 15.1. The number of hydrogen-bond acceptors (Lipinski definition) is 2. The molecule has 1 saturated carbocycles. The Labute approximate surface area is 130 Å². The summed E-state index contributed by atoms with van der Waals surface area (Å²) in [5, 5.41) is 9.56. The van der Waals surface area contributed by atoms with Gasteiger partial charge in [0.25, 0.3) is 0 Å². The van der Waals surface area contributed by atoms with E-state index in [1.54, 1.807) is 0 Å². The Kier molecular flexibility index (Phi) is 3.61. The molecule has 1 aromatic carbocycles. The first kappa shape index (κ1) is 14.3. The lowest BCUT2D eigenvalue weighted by Gasteiger charge is -2.18. The van der Waals surface area contributed by atoms with Crippen LogP contribution in [0.3, 0.4) is 0 Å². The summed E-state index contributed by atoms with van der Waals surface area (Å²) in [5.41, 5.74) is 2.45. The first-order chi connectivity index (χ1) is 9.99. The molecule has 110 valence electrons. The maximum Gasteiger partial charge on any atom is 0.303 e. The van der Waals surface area contributed by atoms with Gasteiger partial charge in [-0.3, -0.25) is 9.59 Å². The Balaban J connectivity index is 2.26. The highest BCUT2D eigenvalue weighted by molar-refractivity contribution is 9.10. The highest BCUT2D eigenvalue weighted by Gasteiger charge is 2.27. The summed E-state index contributed by atoms with van der Waals surface area (Å²) >= 11 is 3.46. The molecule has 1 aliphatic carbocycles. The molecule has 3 rings (SSSR count). The minimum absolute atomic E-state index is 0.0111. The van der Waals surface area contributed by atoms with E-state index in [0.29, 0.717) is 23.4 Å². The Morgan fingerprint density at radius 3 is 2.76 bits per heavy atom. The summed E-state index contributed by atoms with van der Waals surface area (Å²) in [7, 11) is 0. The second-order valence-electron chi connectivity index (χ2n) is 5.55. The molecule has 1 heterocycles. The van der Waals surface area contributed by atoms with Crippen LogP contribution in [0.4, 0.5) is 0 Å². The normalized spacial score (nSPS) is 14.6. The quantitative estimate of drug-likeness (QED) is 0.919. The van der Waals surface area contributed by atoms with E-state index in [0.717, 1.165) is 28.5 Å². The topological polar surface area (TPSA) is 59.3 Å². The number of benzene rings is 1. The first-order valence-corrected chi connectivity index (χ1v) is 7.83. The molecular weight excluding hydrogens is 334 g/mol. The second kappa shape index (κ2) is 5.30. The number of halogens is 1. The van der Waals surface area contributed by atoms with Gasteiger partial charge in [-0.2, -0.15) is 0 Å². The fourth-order valence-electron chi connectivity index (χ4n) is 2.88. The van der Waals surface area contributed by atoms with Crippen molar-refractivity contribution in [2.45, 2.75) is 38.6 Å². The Morgan fingerprint density at radius 1 is 1.43 bits per heavy atom. The molecule has 0 radical (unpaired) electrons. The SMILES string of the molecule is Cc1c(CCC(=O)O)c(=O)c2ccc(Br)cc2n1C1CC1. The summed E-state index contributed by atoms with van der Waals surface area (Å²) < 4.78 is 3.15. The lowest BCUT2D eigenvalue weighted by molar-refractivity contribution is -0.136. The Hall–Kier alpha value is -1.62. The van der Waals surface area contributed by atoms with Crippen LogP contribution in [0, 0.1) is 6.92 Å². The Morgan fingerprint density at radius 2 is 2.14 bits per heavy atom. The largest absolute Gasteiger partial charge is 0.481 e. The van der Waals surface area contributed by atoms with Gasteiger partial charge in [0.1, 0.15) is 0 Å². The molecule has 0 bridgehead atoms. The van der Waals surface area contributed by atoms with Crippen LogP contribution in [0.15, 0.2) is 27.5 Å². The molecule has 0 spiro atoms. The van der Waals surface area contributed by atoms with Crippen molar-refractivity contribution in [3.8, 4) is 0 Å². The van der Waals surface area contributed by atoms with Crippen LogP contribution in [-0.2, 0) is 11.2 Å². The number of rotatable bonds is 4. The maximum absolute atomic E-state index is 12.6. The van der Waals surface area contributed by atoms with E-state index in [-0.39, 0.29) is 11.8 Å². The van der Waals surface area contributed by atoms with Crippen molar-refractivity contribution in [1.29, 1.82) is 0 Å². The van der Waals surface area contributed by atoms with E-state index < -0.39 is 5.97 Å². The first-order valence-electron chi connectivity index (χ1n) is 7.04. The van der Waals surface area contributed by atoms with E-state index in [9.17, 15) is 9.59 Å². The van der Waals surface area contributed by atoms with Crippen molar-refractivity contribution in [3.05, 3.63) is 44.2 Å². The van der Waals surface area contributed by atoms with Crippen LogP contribution in [0.5, 0.6) is 0 Å². The van der Waals surface area contributed by atoms with Crippen LogP contribution in [0.25, 0.3) is 10.9 Å². The molecule has 0 amide bonds. The minimum atomic E-state index is -0.873. The molecule has 5 heteroatoms. The molecule has 1 N–H and O–H groups in total. The van der Waals surface area contributed by atoms with Crippen molar-refractivity contribution >= 4 is 32.8 Å². The maximum atomic E-state index is 12.6. The molecule has 21 heavy (non-hydrogen) atoms. The molecule has 1 fully saturated rings. The van der Waals surface area contributed by atoms with E-state index in [2.05, 4.69) is 20.5 Å². The van der Waals surface area contributed by atoms with Gasteiger partial charge in [0.2, 0.25) is 0 Å². The number of carboxylic acid groups (broad SMARTS) is 1. The van der Waals surface area contributed by atoms with Crippen molar-refractivity contribution < 1.29 is 9.90 Å². The lowest BCUT2D eigenvalue weighted by Crippen LogP contribution is -2.19. The molecule has 2 aromatic rings. The third kappa shape index (κ3) is 2.62. The molecule has 4 nitrogen and oxygen atoms in total. The zero-order valence-corrected chi connectivity index (χ0v) is 13.3. The van der Waals surface area contributed by atoms with E-state index in [4.69, 9.17) is 5.11 Å². The number of aromatic nitrogens is 1. The predicted octanol–water partition coefficient (Wildman–Crippen LogP) is 3.42. The van der Waals surface area contributed by atoms with Crippen LogP contribution in [0.2, 0.25) is 0 Å². The number of aliphatic carboxylic acids is 1. The minimum Gasteiger partial charge on any atom is -0.481 e. The van der Waals surface area contributed by atoms with Gasteiger partial charge >= 0.3 is 5.97 Å². The smallest absolute Gasteiger partial charge is 0.303 e. The number of carbonyl (C=O) groups is 1. The summed E-state index contributed by atoms with van der Waals surface area (Å²) in [5.74, 6) is -0.873.